The van der Waals surface area contributed by atoms with Gasteiger partial charge in [0.05, 0.1) is 5.52 Å². The first-order chi connectivity index (χ1) is 9.02. The van der Waals surface area contributed by atoms with Gasteiger partial charge in [-0.15, -0.1) is 0 Å². The Morgan fingerprint density at radius 1 is 1.11 bits per heavy atom. The Balaban J connectivity index is 2.41. The number of aromatic nitrogens is 1. The maximum atomic E-state index is 5.75. The molecule has 102 valence electrons. The molecule has 0 aliphatic heterocycles. The van der Waals surface area contributed by atoms with Crippen LogP contribution >= 0.6 is 0 Å². The highest BCUT2D eigenvalue weighted by atomic mass is 15.2. The lowest BCUT2D eigenvalue weighted by molar-refractivity contribution is 0.306. The first-order valence-electron chi connectivity index (χ1n) is 6.86. The minimum atomic E-state index is 0.172. The number of fused-ring (bicyclic) bond motifs is 1. The lowest BCUT2D eigenvalue weighted by Crippen LogP contribution is -2.34. The molecule has 2 aromatic rings. The van der Waals surface area contributed by atoms with Gasteiger partial charge in [-0.05, 0) is 42.5 Å². The molecule has 2 unspecified atom stereocenters. The molecule has 1 heterocycles. The zero-order valence-electron chi connectivity index (χ0n) is 12.1. The molecule has 1 aromatic heterocycles. The van der Waals surface area contributed by atoms with Gasteiger partial charge < -0.3 is 0 Å². The van der Waals surface area contributed by atoms with Crippen molar-refractivity contribution in [3.63, 3.8) is 0 Å². The second-order valence-corrected chi connectivity index (χ2v) is 5.65. The Morgan fingerprint density at radius 2 is 1.84 bits per heavy atom. The van der Waals surface area contributed by atoms with Crippen LogP contribution in [-0.4, -0.2) is 4.98 Å². The number of hydrazine groups is 1. The van der Waals surface area contributed by atoms with Crippen LogP contribution in [0, 0.1) is 18.8 Å². The summed E-state index contributed by atoms with van der Waals surface area (Å²) in [5, 5.41) is 1.17. The number of hydrogen-bond donors (Lipinski definition) is 2. The number of nitrogens with one attached hydrogen (secondary N) is 1. The summed E-state index contributed by atoms with van der Waals surface area (Å²) in [7, 11) is 0. The third-order valence-corrected chi connectivity index (χ3v) is 3.97. The zero-order valence-corrected chi connectivity index (χ0v) is 12.1. The number of rotatable bonds is 4. The fourth-order valence-corrected chi connectivity index (χ4v) is 2.38. The molecule has 0 saturated heterocycles. The monoisotopic (exact) mass is 257 g/mol. The van der Waals surface area contributed by atoms with E-state index in [0.717, 1.165) is 11.2 Å². The van der Waals surface area contributed by atoms with E-state index in [1.807, 2.05) is 13.0 Å². The topological polar surface area (TPSA) is 50.9 Å². The van der Waals surface area contributed by atoms with E-state index in [1.165, 1.54) is 10.9 Å². The molecular weight excluding hydrogens is 234 g/mol. The number of hydrogen-bond acceptors (Lipinski definition) is 3. The van der Waals surface area contributed by atoms with Crippen LogP contribution in [0.4, 0.5) is 0 Å². The van der Waals surface area contributed by atoms with Crippen LogP contribution in [0.15, 0.2) is 30.3 Å². The third kappa shape index (κ3) is 2.94. The summed E-state index contributed by atoms with van der Waals surface area (Å²) in [5.74, 6) is 6.80. The number of nitrogens with two attached hydrogens (primary N) is 1. The van der Waals surface area contributed by atoms with Gasteiger partial charge in [-0.2, -0.15) is 0 Å². The van der Waals surface area contributed by atoms with Crippen LogP contribution in [0.25, 0.3) is 10.9 Å². The van der Waals surface area contributed by atoms with Crippen molar-refractivity contribution in [2.24, 2.45) is 17.7 Å². The van der Waals surface area contributed by atoms with Crippen LogP contribution in [0.1, 0.15) is 38.1 Å². The smallest absolute Gasteiger partial charge is 0.0705 e. The Morgan fingerprint density at radius 3 is 2.47 bits per heavy atom. The molecule has 0 bridgehead atoms. The maximum Gasteiger partial charge on any atom is 0.0705 e. The Labute approximate surface area is 115 Å². The molecule has 1 aromatic carbocycles. The van der Waals surface area contributed by atoms with E-state index in [9.17, 15) is 0 Å². The molecule has 3 N–H and O–H groups in total. The van der Waals surface area contributed by atoms with Crippen molar-refractivity contribution in [1.29, 1.82) is 0 Å². The molecule has 0 radical (unpaired) electrons. The van der Waals surface area contributed by atoms with Crippen LogP contribution in [0.2, 0.25) is 0 Å². The van der Waals surface area contributed by atoms with Crippen LogP contribution in [0.5, 0.6) is 0 Å². The average molecular weight is 257 g/mol. The van der Waals surface area contributed by atoms with Gasteiger partial charge >= 0.3 is 0 Å². The fourth-order valence-electron chi connectivity index (χ4n) is 2.38. The number of benzene rings is 1. The van der Waals surface area contributed by atoms with Gasteiger partial charge in [0.25, 0.3) is 0 Å². The van der Waals surface area contributed by atoms with Crippen LogP contribution < -0.4 is 11.3 Å². The third-order valence-electron chi connectivity index (χ3n) is 3.97. The predicted molar refractivity (Wildman–Crippen MR) is 80.5 cm³/mol. The molecule has 0 aliphatic rings. The zero-order chi connectivity index (χ0) is 14.0. The molecule has 2 rings (SSSR count). The van der Waals surface area contributed by atoms with E-state index in [-0.39, 0.29) is 6.04 Å². The molecule has 2 atom stereocenters. The molecule has 0 amide bonds. The number of nitrogens with zero attached hydrogens (tertiary/aromatic N) is 1. The van der Waals surface area contributed by atoms with Crippen LogP contribution in [0.3, 0.4) is 0 Å². The Bertz CT molecular complexity index is 563. The molecular formula is C16H23N3. The van der Waals surface area contributed by atoms with E-state index in [2.05, 4.69) is 55.4 Å². The normalized spacial score (nSPS) is 14.8. The summed E-state index contributed by atoms with van der Waals surface area (Å²) in [6.07, 6.45) is 0. The predicted octanol–water partition coefficient (Wildman–Crippen LogP) is 3.34. The largest absolute Gasteiger partial charge is 0.271 e. The van der Waals surface area contributed by atoms with Crippen molar-refractivity contribution in [3.8, 4) is 0 Å². The highest BCUT2D eigenvalue weighted by Gasteiger charge is 2.20. The lowest BCUT2D eigenvalue weighted by atomic mass is 9.86. The van der Waals surface area contributed by atoms with Gasteiger partial charge in [0, 0.05) is 17.1 Å². The Kier molecular flexibility index (Phi) is 4.17. The molecule has 19 heavy (non-hydrogen) atoms. The second-order valence-electron chi connectivity index (χ2n) is 5.65. The SMILES string of the molecule is Cc1ccc2cc(C(NN)C(C)C(C)C)ccc2n1. The van der Waals surface area contributed by atoms with Gasteiger partial charge in [0.15, 0.2) is 0 Å². The van der Waals surface area contributed by atoms with E-state index in [4.69, 9.17) is 5.84 Å². The van der Waals surface area contributed by atoms with E-state index in [0.29, 0.717) is 11.8 Å². The first kappa shape index (κ1) is 14.0. The molecule has 3 nitrogen and oxygen atoms in total. The van der Waals surface area contributed by atoms with E-state index in [1.54, 1.807) is 0 Å². The molecule has 0 aliphatic carbocycles. The van der Waals surface area contributed by atoms with Crippen LogP contribution in [-0.2, 0) is 0 Å². The van der Waals surface area contributed by atoms with Crippen molar-refractivity contribution < 1.29 is 0 Å². The van der Waals surface area contributed by atoms with Gasteiger partial charge in [-0.25, -0.2) is 0 Å². The minimum absolute atomic E-state index is 0.172. The van der Waals surface area contributed by atoms with Crippen molar-refractivity contribution in [2.75, 3.05) is 0 Å². The molecule has 0 fully saturated rings. The number of aryl methyl sites for hydroxylation is 1. The highest BCUT2D eigenvalue weighted by molar-refractivity contribution is 5.79. The summed E-state index contributed by atoms with van der Waals surface area (Å²) in [4.78, 5) is 4.53. The van der Waals surface area contributed by atoms with Gasteiger partial charge in [0.1, 0.15) is 0 Å². The average Bonchev–Trinajstić information content (AvgIpc) is 2.39. The summed E-state index contributed by atoms with van der Waals surface area (Å²) in [6, 6.07) is 10.7. The summed E-state index contributed by atoms with van der Waals surface area (Å²) >= 11 is 0. The van der Waals surface area contributed by atoms with Gasteiger partial charge in [-0.3, -0.25) is 16.3 Å². The maximum absolute atomic E-state index is 5.75. The fraction of sp³-hybridized carbons (Fsp3) is 0.438. The summed E-state index contributed by atoms with van der Waals surface area (Å²) in [5.41, 5.74) is 6.26. The quantitative estimate of drug-likeness (QED) is 0.652. The molecule has 0 spiro atoms. The highest BCUT2D eigenvalue weighted by Crippen LogP contribution is 2.28. The Hall–Kier alpha value is -1.45. The van der Waals surface area contributed by atoms with E-state index >= 15 is 0 Å². The minimum Gasteiger partial charge on any atom is -0.271 e. The van der Waals surface area contributed by atoms with Crippen molar-refractivity contribution in [1.82, 2.24) is 10.4 Å². The summed E-state index contributed by atoms with van der Waals surface area (Å²) < 4.78 is 0. The number of pyridine rings is 1. The summed E-state index contributed by atoms with van der Waals surface area (Å²) in [6.45, 7) is 8.69. The first-order valence-corrected chi connectivity index (χ1v) is 6.86. The van der Waals surface area contributed by atoms with Gasteiger partial charge in [-0.1, -0.05) is 32.9 Å². The second kappa shape index (κ2) is 5.68. The van der Waals surface area contributed by atoms with E-state index < -0.39 is 0 Å². The lowest BCUT2D eigenvalue weighted by Gasteiger charge is -2.27. The standard InChI is InChI=1S/C16H23N3/c1-10(2)12(4)16(19-17)14-7-8-15-13(9-14)6-5-11(3)18-15/h5-10,12,16,19H,17H2,1-4H3. The van der Waals surface area contributed by atoms with Crippen molar-refractivity contribution in [3.05, 3.63) is 41.6 Å². The molecule has 3 heteroatoms. The van der Waals surface area contributed by atoms with Gasteiger partial charge in [0.2, 0.25) is 0 Å². The molecule has 0 saturated carbocycles. The van der Waals surface area contributed by atoms with Crippen molar-refractivity contribution >= 4 is 10.9 Å². The van der Waals surface area contributed by atoms with Crippen molar-refractivity contribution in [2.45, 2.75) is 33.7 Å².